The maximum absolute atomic E-state index is 9.55. The highest BCUT2D eigenvalue weighted by Gasteiger charge is 2.08. The average Bonchev–Trinajstić information content (AvgIpc) is 2.30. The molecule has 1 atom stereocenters. The number of hydrogen-bond donors (Lipinski definition) is 1. The van der Waals surface area contributed by atoms with Crippen LogP contribution < -0.4 is 0 Å². The molecule has 0 spiro atoms. The Morgan fingerprint density at radius 1 is 0.941 bits per heavy atom. The summed E-state index contributed by atoms with van der Waals surface area (Å²) in [6.07, 6.45) is 0.394. The molecule has 2 aromatic carbocycles. The molecule has 0 fully saturated rings. The van der Waals surface area contributed by atoms with Crippen molar-refractivity contribution in [1.29, 1.82) is 0 Å². The van der Waals surface area contributed by atoms with Crippen LogP contribution in [-0.2, 0) is 6.42 Å². The Kier molecular flexibility index (Phi) is 3.60. The molecule has 17 heavy (non-hydrogen) atoms. The Morgan fingerprint density at radius 3 is 2.18 bits per heavy atom. The van der Waals surface area contributed by atoms with Gasteiger partial charge in [0.25, 0.3) is 0 Å². The van der Waals surface area contributed by atoms with E-state index in [1.165, 1.54) is 22.3 Å². The van der Waals surface area contributed by atoms with Crippen molar-refractivity contribution < 1.29 is 5.11 Å². The SMILES string of the molecule is Cc1ccccc1-c1ccccc1CC(C)O. The minimum absolute atomic E-state index is 0.305. The van der Waals surface area contributed by atoms with E-state index >= 15 is 0 Å². The lowest BCUT2D eigenvalue weighted by atomic mass is 9.93. The van der Waals surface area contributed by atoms with Crippen LogP contribution in [0.1, 0.15) is 18.1 Å². The van der Waals surface area contributed by atoms with Crippen LogP contribution in [0.2, 0.25) is 0 Å². The molecule has 0 saturated carbocycles. The van der Waals surface area contributed by atoms with Crippen molar-refractivity contribution in [1.82, 2.24) is 0 Å². The maximum Gasteiger partial charge on any atom is 0.0552 e. The molecule has 1 unspecified atom stereocenters. The number of aliphatic hydroxyl groups is 1. The summed E-state index contributed by atoms with van der Waals surface area (Å²) in [6, 6.07) is 16.7. The van der Waals surface area contributed by atoms with Gasteiger partial charge in [-0.1, -0.05) is 48.5 Å². The first kappa shape index (κ1) is 11.9. The van der Waals surface area contributed by atoms with Crippen molar-refractivity contribution in [3.63, 3.8) is 0 Å². The summed E-state index contributed by atoms with van der Waals surface area (Å²) in [6.45, 7) is 3.95. The lowest BCUT2D eigenvalue weighted by molar-refractivity contribution is 0.195. The Bertz CT molecular complexity index is 500. The van der Waals surface area contributed by atoms with E-state index in [1.807, 2.05) is 19.1 Å². The molecule has 0 aliphatic rings. The molecule has 2 rings (SSSR count). The number of aliphatic hydroxyl groups excluding tert-OH is 1. The third kappa shape index (κ3) is 2.75. The zero-order valence-electron chi connectivity index (χ0n) is 10.4. The fourth-order valence-electron chi connectivity index (χ4n) is 2.15. The molecular formula is C16H18O. The lowest BCUT2D eigenvalue weighted by Crippen LogP contribution is -2.05. The molecule has 2 aromatic rings. The van der Waals surface area contributed by atoms with Gasteiger partial charge in [0, 0.05) is 0 Å². The van der Waals surface area contributed by atoms with Gasteiger partial charge < -0.3 is 5.11 Å². The quantitative estimate of drug-likeness (QED) is 0.848. The van der Waals surface area contributed by atoms with Gasteiger partial charge in [-0.05, 0) is 42.5 Å². The van der Waals surface area contributed by atoms with E-state index in [4.69, 9.17) is 0 Å². The molecule has 0 aliphatic carbocycles. The van der Waals surface area contributed by atoms with Crippen LogP contribution in [0.25, 0.3) is 11.1 Å². The maximum atomic E-state index is 9.55. The molecule has 0 bridgehead atoms. The molecule has 0 saturated heterocycles. The van der Waals surface area contributed by atoms with Crippen LogP contribution in [0.15, 0.2) is 48.5 Å². The Hall–Kier alpha value is -1.60. The first-order valence-electron chi connectivity index (χ1n) is 6.00. The summed E-state index contributed by atoms with van der Waals surface area (Å²) < 4.78 is 0. The van der Waals surface area contributed by atoms with E-state index in [1.54, 1.807) is 0 Å². The first-order valence-corrected chi connectivity index (χ1v) is 6.00. The standard InChI is InChI=1S/C16H18O/c1-12-7-3-5-9-15(12)16-10-6-4-8-14(16)11-13(2)17/h3-10,13,17H,11H2,1-2H3. The summed E-state index contributed by atoms with van der Waals surface area (Å²) in [4.78, 5) is 0. The predicted octanol–water partition coefficient (Wildman–Crippen LogP) is 3.59. The highest BCUT2D eigenvalue weighted by Crippen LogP contribution is 2.27. The van der Waals surface area contributed by atoms with Gasteiger partial charge in [0.15, 0.2) is 0 Å². The molecule has 0 radical (unpaired) electrons. The largest absolute Gasteiger partial charge is 0.393 e. The second-order valence-electron chi connectivity index (χ2n) is 4.53. The van der Waals surface area contributed by atoms with E-state index in [-0.39, 0.29) is 6.10 Å². The van der Waals surface area contributed by atoms with Crippen molar-refractivity contribution in [3.05, 3.63) is 59.7 Å². The summed E-state index contributed by atoms with van der Waals surface area (Å²) in [7, 11) is 0. The summed E-state index contributed by atoms with van der Waals surface area (Å²) >= 11 is 0. The van der Waals surface area contributed by atoms with Gasteiger partial charge in [-0.3, -0.25) is 0 Å². The predicted molar refractivity (Wildman–Crippen MR) is 72.0 cm³/mol. The average molecular weight is 226 g/mol. The topological polar surface area (TPSA) is 20.2 Å². The van der Waals surface area contributed by atoms with Crippen molar-refractivity contribution in [2.75, 3.05) is 0 Å². The first-order chi connectivity index (χ1) is 8.18. The van der Waals surface area contributed by atoms with Gasteiger partial charge in [-0.25, -0.2) is 0 Å². The molecule has 1 nitrogen and oxygen atoms in total. The highest BCUT2D eigenvalue weighted by atomic mass is 16.3. The monoisotopic (exact) mass is 226 g/mol. The minimum Gasteiger partial charge on any atom is -0.393 e. The molecule has 1 N–H and O–H groups in total. The van der Waals surface area contributed by atoms with E-state index in [2.05, 4.69) is 43.3 Å². The zero-order chi connectivity index (χ0) is 12.3. The van der Waals surface area contributed by atoms with Gasteiger partial charge in [-0.15, -0.1) is 0 Å². The lowest BCUT2D eigenvalue weighted by Gasteiger charge is -2.13. The van der Waals surface area contributed by atoms with Crippen molar-refractivity contribution in [2.45, 2.75) is 26.4 Å². The van der Waals surface area contributed by atoms with Gasteiger partial charge >= 0.3 is 0 Å². The summed E-state index contributed by atoms with van der Waals surface area (Å²) in [5.74, 6) is 0. The van der Waals surface area contributed by atoms with Crippen molar-refractivity contribution >= 4 is 0 Å². The number of rotatable bonds is 3. The molecular weight excluding hydrogens is 208 g/mol. The molecule has 1 heteroatoms. The van der Waals surface area contributed by atoms with E-state index in [0.717, 1.165) is 0 Å². The fourth-order valence-corrected chi connectivity index (χ4v) is 2.15. The van der Waals surface area contributed by atoms with Crippen molar-refractivity contribution in [3.8, 4) is 11.1 Å². The third-order valence-corrected chi connectivity index (χ3v) is 2.97. The van der Waals surface area contributed by atoms with Crippen molar-refractivity contribution in [2.24, 2.45) is 0 Å². The second kappa shape index (κ2) is 5.15. The minimum atomic E-state index is -0.305. The van der Waals surface area contributed by atoms with E-state index in [9.17, 15) is 5.11 Å². The van der Waals surface area contributed by atoms with Crippen LogP contribution >= 0.6 is 0 Å². The van der Waals surface area contributed by atoms with Gasteiger partial charge in [0.2, 0.25) is 0 Å². The van der Waals surface area contributed by atoms with Gasteiger partial charge in [0.05, 0.1) is 6.10 Å². The molecule has 0 amide bonds. The Labute approximate surface area is 103 Å². The molecule has 0 aliphatic heterocycles. The normalized spacial score (nSPS) is 12.4. The summed E-state index contributed by atoms with van der Waals surface area (Å²) in [5, 5.41) is 9.55. The van der Waals surface area contributed by atoms with E-state index < -0.39 is 0 Å². The molecule has 88 valence electrons. The van der Waals surface area contributed by atoms with Crippen LogP contribution in [0, 0.1) is 6.92 Å². The molecule has 0 heterocycles. The Morgan fingerprint density at radius 2 is 1.53 bits per heavy atom. The molecule has 0 aromatic heterocycles. The fraction of sp³-hybridized carbons (Fsp3) is 0.250. The van der Waals surface area contributed by atoms with Crippen LogP contribution in [0.4, 0.5) is 0 Å². The van der Waals surface area contributed by atoms with E-state index in [0.29, 0.717) is 6.42 Å². The number of benzene rings is 2. The van der Waals surface area contributed by atoms with Gasteiger partial charge in [-0.2, -0.15) is 0 Å². The van der Waals surface area contributed by atoms with Gasteiger partial charge in [0.1, 0.15) is 0 Å². The van der Waals surface area contributed by atoms with Crippen LogP contribution in [0.5, 0.6) is 0 Å². The third-order valence-electron chi connectivity index (χ3n) is 2.97. The number of aryl methyl sites for hydroxylation is 1. The Balaban J connectivity index is 2.48. The van der Waals surface area contributed by atoms with Crippen LogP contribution in [-0.4, -0.2) is 11.2 Å². The highest BCUT2D eigenvalue weighted by molar-refractivity contribution is 5.70. The van der Waals surface area contributed by atoms with Crippen LogP contribution in [0.3, 0.4) is 0 Å². The number of hydrogen-bond acceptors (Lipinski definition) is 1. The zero-order valence-corrected chi connectivity index (χ0v) is 10.4. The smallest absolute Gasteiger partial charge is 0.0552 e. The second-order valence-corrected chi connectivity index (χ2v) is 4.53. The summed E-state index contributed by atoms with van der Waals surface area (Å²) in [5.41, 5.74) is 4.96.